The van der Waals surface area contributed by atoms with Crippen molar-refractivity contribution in [2.45, 2.75) is 90.3 Å². The van der Waals surface area contributed by atoms with Crippen molar-refractivity contribution in [3.63, 3.8) is 0 Å². The fourth-order valence-corrected chi connectivity index (χ4v) is 3.93. The van der Waals surface area contributed by atoms with Crippen LogP contribution in [0.1, 0.15) is 82.8 Å². The molecule has 4 heteroatoms. The van der Waals surface area contributed by atoms with E-state index in [1.54, 1.807) is 12.3 Å². The maximum absolute atomic E-state index is 14.7. The Kier molecular flexibility index (Phi) is 6.55. The average molecular weight is 364 g/mol. The van der Waals surface area contributed by atoms with Gasteiger partial charge in [-0.05, 0) is 62.1 Å². The van der Waals surface area contributed by atoms with Gasteiger partial charge >= 0.3 is 0 Å². The molecule has 2 aliphatic rings. The minimum absolute atomic E-state index is 0.00615. The van der Waals surface area contributed by atoms with Crippen LogP contribution in [0, 0.1) is 11.6 Å². The molecule has 2 unspecified atom stereocenters. The Morgan fingerprint density at radius 3 is 2.46 bits per heavy atom. The SMILES string of the molecule is CCCCCC1CCC(c2cc3c(c(F)c2F)OC(CCC)CC3)=CO1. The van der Waals surface area contributed by atoms with E-state index in [1.165, 1.54) is 12.8 Å². The van der Waals surface area contributed by atoms with Crippen molar-refractivity contribution in [3.05, 3.63) is 35.1 Å². The van der Waals surface area contributed by atoms with Crippen molar-refractivity contribution in [3.8, 4) is 5.75 Å². The third-order valence-corrected chi connectivity index (χ3v) is 5.48. The summed E-state index contributed by atoms with van der Waals surface area (Å²) in [6, 6.07) is 1.77. The lowest BCUT2D eigenvalue weighted by molar-refractivity contribution is 0.116. The molecule has 26 heavy (non-hydrogen) atoms. The number of fused-ring (bicyclic) bond motifs is 1. The molecule has 144 valence electrons. The second kappa shape index (κ2) is 8.88. The maximum atomic E-state index is 14.7. The van der Waals surface area contributed by atoms with Gasteiger partial charge in [-0.3, -0.25) is 0 Å². The number of rotatable bonds is 7. The summed E-state index contributed by atoms with van der Waals surface area (Å²) in [5, 5.41) is 0. The van der Waals surface area contributed by atoms with Gasteiger partial charge in [0.25, 0.3) is 0 Å². The fraction of sp³-hybridized carbons (Fsp3) is 0.636. The molecule has 0 saturated carbocycles. The molecular formula is C22H30F2O2. The van der Waals surface area contributed by atoms with Crippen LogP contribution in [0.4, 0.5) is 8.78 Å². The lowest BCUT2D eigenvalue weighted by Gasteiger charge is -2.28. The number of unbranched alkanes of at least 4 members (excludes halogenated alkanes) is 2. The van der Waals surface area contributed by atoms with E-state index in [0.717, 1.165) is 62.5 Å². The number of ether oxygens (including phenoxy) is 2. The zero-order valence-corrected chi connectivity index (χ0v) is 16.0. The van der Waals surface area contributed by atoms with Crippen molar-refractivity contribution < 1.29 is 18.3 Å². The molecule has 0 amide bonds. The molecule has 2 nitrogen and oxygen atoms in total. The fourth-order valence-electron chi connectivity index (χ4n) is 3.93. The number of halogens is 2. The highest BCUT2D eigenvalue weighted by Crippen LogP contribution is 2.38. The summed E-state index contributed by atoms with van der Waals surface area (Å²) < 4.78 is 40.8. The Balaban J connectivity index is 1.75. The molecule has 0 bridgehead atoms. The highest BCUT2D eigenvalue weighted by molar-refractivity contribution is 5.68. The average Bonchev–Trinajstić information content (AvgIpc) is 2.66. The van der Waals surface area contributed by atoms with Gasteiger partial charge < -0.3 is 9.47 Å². The predicted molar refractivity (Wildman–Crippen MR) is 100 cm³/mol. The molecule has 0 aromatic heterocycles. The molecule has 1 aromatic carbocycles. The largest absolute Gasteiger partial charge is 0.498 e. The molecule has 2 aliphatic heterocycles. The summed E-state index contributed by atoms with van der Waals surface area (Å²) in [5.41, 5.74) is 1.87. The first-order valence-corrected chi connectivity index (χ1v) is 10.2. The topological polar surface area (TPSA) is 18.5 Å². The second-order valence-corrected chi connectivity index (χ2v) is 7.54. The zero-order chi connectivity index (χ0) is 18.5. The third kappa shape index (κ3) is 4.21. The highest BCUT2D eigenvalue weighted by atomic mass is 19.2. The molecule has 0 saturated heterocycles. The van der Waals surface area contributed by atoms with Crippen molar-refractivity contribution in [2.75, 3.05) is 0 Å². The van der Waals surface area contributed by atoms with E-state index in [1.807, 2.05) is 0 Å². The quantitative estimate of drug-likeness (QED) is 0.510. The maximum Gasteiger partial charge on any atom is 0.201 e. The van der Waals surface area contributed by atoms with Crippen LogP contribution in [0.2, 0.25) is 0 Å². The third-order valence-electron chi connectivity index (χ3n) is 5.48. The van der Waals surface area contributed by atoms with Gasteiger partial charge in [0.2, 0.25) is 5.82 Å². The van der Waals surface area contributed by atoms with E-state index in [-0.39, 0.29) is 18.0 Å². The molecular weight excluding hydrogens is 334 g/mol. The monoisotopic (exact) mass is 364 g/mol. The molecule has 0 aliphatic carbocycles. The van der Waals surface area contributed by atoms with Gasteiger partial charge in [-0.1, -0.05) is 33.1 Å². The summed E-state index contributed by atoms with van der Waals surface area (Å²) >= 11 is 0. The number of allylic oxidation sites excluding steroid dienone is 1. The molecule has 0 N–H and O–H groups in total. The van der Waals surface area contributed by atoms with Gasteiger partial charge in [-0.25, -0.2) is 4.39 Å². The number of aryl methyl sites for hydroxylation is 1. The molecule has 1 aromatic rings. The van der Waals surface area contributed by atoms with Crippen LogP contribution in [0.15, 0.2) is 12.3 Å². The predicted octanol–water partition coefficient (Wildman–Crippen LogP) is 6.56. The minimum Gasteiger partial charge on any atom is -0.498 e. The van der Waals surface area contributed by atoms with Gasteiger partial charge in [0.1, 0.15) is 0 Å². The van der Waals surface area contributed by atoms with Crippen LogP contribution >= 0.6 is 0 Å². The Morgan fingerprint density at radius 1 is 0.962 bits per heavy atom. The standard InChI is InChI=1S/C22H30F2O2/c1-3-5-6-8-17-11-10-16(14-25-17)19-13-15-9-12-18(7-4-2)26-22(15)21(24)20(19)23/h13-14,17-18H,3-12H2,1-2H3. The van der Waals surface area contributed by atoms with Crippen molar-refractivity contribution in [1.29, 1.82) is 0 Å². The highest BCUT2D eigenvalue weighted by Gasteiger charge is 2.28. The van der Waals surface area contributed by atoms with E-state index < -0.39 is 11.6 Å². The Hall–Kier alpha value is -1.58. The van der Waals surface area contributed by atoms with Crippen molar-refractivity contribution in [2.24, 2.45) is 0 Å². The normalized spacial score (nSPS) is 22.2. The summed E-state index contributed by atoms with van der Waals surface area (Å²) in [4.78, 5) is 0. The number of hydrogen-bond donors (Lipinski definition) is 0. The molecule has 0 fully saturated rings. The number of hydrogen-bond acceptors (Lipinski definition) is 2. The summed E-state index contributed by atoms with van der Waals surface area (Å²) in [6.07, 6.45) is 11.5. The first-order valence-electron chi connectivity index (χ1n) is 10.2. The van der Waals surface area contributed by atoms with Crippen LogP contribution in [0.3, 0.4) is 0 Å². The van der Waals surface area contributed by atoms with Crippen molar-refractivity contribution >= 4 is 5.57 Å². The van der Waals surface area contributed by atoms with E-state index in [2.05, 4.69) is 13.8 Å². The van der Waals surface area contributed by atoms with Crippen LogP contribution < -0.4 is 4.74 Å². The summed E-state index contributed by atoms with van der Waals surface area (Å²) in [6.45, 7) is 4.26. The molecule has 2 heterocycles. The molecule has 2 atom stereocenters. The summed E-state index contributed by atoms with van der Waals surface area (Å²) in [7, 11) is 0. The van der Waals surface area contributed by atoms with Crippen LogP contribution in [-0.2, 0) is 11.2 Å². The van der Waals surface area contributed by atoms with E-state index in [9.17, 15) is 8.78 Å². The lowest BCUT2D eigenvalue weighted by atomic mass is 9.92. The smallest absolute Gasteiger partial charge is 0.201 e. The van der Waals surface area contributed by atoms with E-state index in [4.69, 9.17) is 9.47 Å². The molecule has 3 rings (SSSR count). The van der Waals surface area contributed by atoms with E-state index in [0.29, 0.717) is 5.56 Å². The van der Waals surface area contributed by atoms with Gasteiger partial charge in [0.15, 0.2) is 11.6 Å². The van der Waals surface area contributed by atoms with Crippen LogP contribution in [0.5, 0.6) is 5.75 Å². The minimum atomic E-state index is -0.843. The van der Waals surface area contributed by atoms with Gasteiger partial charge in [0, 0.05) is 5.56 Å². The van der Waals surface area contributed by atoms with E-state index >= 15 is 0 Å². The van der Waals surface area contributed by atoms with Gasteiger partial charge in [-0.15, -0.1) is 0 Å². The zero-order valence-electron chi connectivity index (χ0n) is 16.0. The Morgan fingerprint density at radius 2 is 1.77 bits per heavy atom. The van der Waals surface area contributed by atoms with Crippen molar-refractivity contribution in [1.82, 2.24) is 0 Å². The first kappa shape index (κ1) is 19.2. The van der Waals surface area contributed by atoms with Crippen LogP contribution in [-0.4, -0.2) is 12.2 Å². The molecule has 0 radical (unpaired) electrons. The Bertz CT molecular complexity index is 654. The number of benzene rings is 1. The van der Waals surface area contributed by atoms with Gasteiger partial charge in [-0.2, -0.15) is 4.39 Å². The second-order valence-electron chi connectivity index (χ2n) is 7.54. The first-order chi connectivity index (χ1) is 12.6. The lowest BCUT2D eigenvalue weighted by Crippen LogP contribution is -2.24. The van der Waals surface area contributed by atoms with Crippen LogP contribution in [0.25, 0.3) is 5.57 Å². The van der Waals surface area contributed by atoms with Gasteiger partial charge in [0.05, 0.1) is 18.5 Å². The summed E-state index contributed by atoms with van der Waals surface area (Å²) in [5.74, 6) is -1.53. The Labute approximate surface area is 155 Å². The molecule has 0 spiro atoms.